The minimum absolute atomic E-state index is 0.0619. The minimum Gasteiger partial charge on any atom is -0.497 e. The van der Waals surface area contributed by atoms with Crippen molar-refractivity contribution in [1.82, 2.24) is 15.1 Å². The van der Waals surface area contributed by atoms with E-state index >= 15 is 0 Å². The monoisotopic (exact) mass is 393 g/mol. The second-order valence-corrected chi connectivity index (χ2v) is 8.77. The molecule has 3 aromatic rings. The van der Waals surface area contributed by atoms with Crippen molar-refractivity contribution in [2.75, 3.05) is 7.11 Å². The van der Waals surface area contributed by atoms with Crippen molar-refractivity contribution in [2.45, 2.75) is 31.3 Å². The van der Waals surface area contributed by atoms with Gasteiger partial charge in [0.05, 0.1) is 23.6 Å². The number of benzene rings is 1. The van der Waals surface area contributed by atoms with Crippen molar-refractivity contribution in [1.29, 1.82) is 0 Å². The molecule has 1 aromatic carbocycles. The molecule has 0 aliphatic rings. The molecule has 0 unspecified atom stereocenters. The highest BCUT2D eigenvalue weighted by Crippen LogP contribution is 2.22. The maximum atomic E-state index is 12.4. The van der Waals surface area contributed by atoms with Gasteiger partial charge in [0.25, 0.3) is 0 Å². The fourth-order valence-corrected chi connectivity index (χ4v) is 4.60. The minimum atomic E-state index is -3.45. The summed E-state index contributed by atoms with van der Waals surface area (Å²) < 4.78 is 35.1. The van der Waals surface area contributed by atoms with Crippen LogP contribution < -0.4 is 4.74 Å². The van der Waals surface area contributed by atoms with E-state index in [0.29, 0.717) is 22.8 Å². The highest BCUT2D eigenvalue weighted by Gasteiger charge is 2.20. The summed E-state index contributed by atoms with van der Waals surface area (Å²) in [5, 5.41) is 6.61. The first-order chi connectivity index (χ1) is 12.5. The van der Waals surface area contributed by atoms with Crippen LogP contribution >= 0.6 is 11.3 Å². The van der Waals surface area contributed by atoms with Gasteiger partial charge in [0.1, 0.15) is 11.5 Å². The summed E-state index contributed by atoms with van der Waals surface area (Å²) in [5.74, 6) is 0.599. The van der Waals surface area contributed by atoms with Crippen molar-refractivity contribution in [2.24, 2.45) is 0 Å². The van der Waals surface area contributed by atoms with E-state index in [1.807, 2.05) is 0 Å². The third-order valence-corrected chi connectivity index (χ3v) is 5.95. The van der Waals surface area contributed by atoms with Crippen molar-refractivity contribution >= 4 is 21.2 Å². The lowest BCUT2D eigenvalue weighted by Crippen LogP contribution is -2.08. The molecule has 0 fully saturated rings. The van der Waals surface area contributed by atoms with E-state index in [-0.39, 0.29) is 17.4 Å². The Morgan fingerprint density at radius 1 is 1.23 bits per heavy atom. The number of thiazole rings is 1. The van der Waals surface area contributed by atoms with Crippen molar-refractivity contribution < 1.29 is 17.7 Å². The zero-order valence-corrected chi connectivity index (χ0v) is 16.1. The number of methoxy groups -OCH3 is 1. The van der Waals surface area contributed by atoms with Crippen LogP contribution in [0.3, 0.4) is 0 Å². The zero-order chi connectivity index (χ0) is 18.6. The molecule has 0 amide bonds. The van der Waals surface area contributed by atoms with E-state index in [1.165, 1.54) is 11.3 Å². The fraction of sp³-hybridized carbons (Fsp3) is 0.353. The van der Waals surface area contributed by atoms with E-state index < -0.39 is 9.84 Å². The van der Waals surface area contributed by atoms with E-state index in [2.05, 4.69) is 22.0 Å². The quantitative estimate of drug-likeness (QED) is 0.579. The van der Waals surface area contributed by atoms with Crippen LogP contribution in [0.4, 0.5) is 0 Å². The maximum absolute atomic E-state index is 12.4. The average Bonchev–Trinajstić information content (AvgIpc) is 3.24. The second-order valence-electron chi connectivity index (χ2n) is 5.76. The normalized spacial score (nSPS) is 11.6. The topological polar surface area (TPSA) is 95.2 Å². The number of rotatable bonds is 8. The standard InChI is InChI=1S/C17H19N3O4S2/c1-3-5-16-18-13(9-25-16)10-26(21,22)11-15-19-17(20-24-15)12-6-4-7-14(8-12)23-2/h4,6-9H,3,5,10-11H2,1-2H3. The lowest BCUT2D eigenvalue weighted by Gasteiger charge is -2.00. The summed E-state index contributed by atoms with van der Waals surface area (Å²) in [4.78, 5) is 8.54. The SMILES string of the molecule is CCCc1nc(CS(=O)(=O)Cc2nc(-c3cccc(OC)c3)no2)cs1. The molecule has 0 saturated heterocycles. The molecule has 0 saturated carbocycles. The molecule has 0 spiro atoms. The van der Waals surface area contributed by atoms with Crippen molar-refractivity contribution in [3.05, 3.63) is 46.2 Å². The molecule has 2 aromatic heterocycles. The van der Waals surface area contributed by atoms with Gasteiger partial charge in [0.15, 0.2) is 9.84 Å². The maximum Gasteiger partial charge on any atom is 0.242 e. The molecule has 138 valence electrons. The summed E-state index contributed by atoms with van der Waals surface area (Å²) in [5.41, 5.74) is 1.26. The van der Waals surface area contributed by atoms with Crippen molar-refractivity contribution in [3.8, 4) is 17.1 Å². The van der Waals surface area contributed by atoms with Crippen LogP contribution in [0.1, 0.15) is 29.9 Å². The summed E-state index contributed by atoms with van der Waals surface area (Å²) in [6.45, 7) is 2.06. The van der Waals surface area contributed by atoms with E-state index in [1.54, 1.807) is 36.8 Å². The second kappa shape index (κ2) is 7.96. The summed E-state index contributed by atoms with van der Waals surface area (Å²) in [6.07, 6.45) is 1.84. The molecular weight excluding hydrogens is 374 g/mol. The van der Waals surface area contributed by atoms with Gasteiger partial charge in [-0.1, -0.05) is 24.2 Å². The van der Waals surface area contributed by atoms with Crippen LogP contribution in [0.15, 0.2) is 34.2 Å². The number of hydrogen-bond acceptors (Lipinski definition) is 8. The highest BCUT2D eigenvalue weighted by atomic mass is 32.2. The third-order valence-electron chi connectivity index (χ3n) is 3.57. The molecule has 3 rings (SSSR count). The molecule has 2 heterocycles. The van der Waals surface area contributed by atoms with Gasteiger partial charge >= 0.3 is 0 Å². The lowest BCUT2D eigenvalue weighted by molar-refractivity contribution is 0.389. The Hall–Kier alpha value is -2.26. The smallest absolute Gasteiger partial charge is 0.242 e. The molecule has 0 N–H and O–H groups in total. The van der Waals surface area contributed by atoms with E-state index in [0.717, 1.165) is 17.8 Å². The predicted molar refractivity (Wildman–Crippen MR) is 98.7 cm³/mol. The number of aryl methyl sites for hydroxylation is 1. The van der Waals surface area contributed by atoms with Crippen LogP contribution in [0.25, 0.3) is 11.4 Å². The Balaban J connectivity index is 1.70. The molecule has 0 bridgehead atoms. The van der Waals surface area contributed by atoms with E-state index in [9.17, 15) is 8.42 Å². The first-order valence-electron chi connectivity index (χ1n) is 8.10. The largest absolute Gasteiger partial charge is 0.497 e. The molecule has 0 aliphatic carbocycles. The Morgan fingerprint density at radius 2 is 2.08 bits per heavy atom. The lowest BCUT2D eigenvalue weighted by atomic mass is 10.2. The molecule has 7 nitrogen and oxygen atoms in total. The summed E-state index contributed by atoms with van der Waals surface area (Å²) in [7, 11) is -1.88. The molecule has 0 radical (unpaired) electrons. The number of aromatic nitrogens is 3. The number of ether oxygens (including phenoxy) is 1. The van der Waals surface area contributed by atoms with Gasteiger partial charge in [0, 0.05) is 10.9 Å². The number of sulfone groups is 1. The Morgan fingerprint density at radius 3 is 2.85 bits per heavy atom. The van der Waals surface area contributed by atoms with Crippen LogP contribution in [0.5, 0.6) is 5.75 Å². The van der Waals surface area contributed by atoms with Crippen molar-refractivity contribution in [3.63, 3.8) is 0 Å². The van der Waals surface area contributed by atoms with E-state index in [4.69, 9.17) is 9.26 Å². The van der Waals surface area contributed by atoms with Gasteiger partial charge in [-0.25, -0.2) is 13.4 Å². The molecule has 0 aliphatic heterocycles. The molecule has 26 heavy (non-hydrogen) atoms. The molecule has 9 heteroatoms. The van der Waals surface area contributed by atoms with Gasteiger partial charge < -0.3 is 9.26 Å². The summed E-state index contributed by atoms with van der Waals surface area (Å²) >= 11 is 1.49. The Bertz CT molecular complexity index is 979. The van der Waals surface area contributed by atoms with Crippen LogP contribution in [-0.4, -0.2) is 30.7 Å². The predicted octanol–water partition coefficient (Wildman–Crippen LogP) is 3.27. The molecule has 0 atom stereocenters. The van der Waals surface area contributed by atoms with Crippen LogP contribution in [0, 0.1) is 0 Å². The first kappa shape index (κ1) is 18.5. The van der Waals surface area contributed by atoms with Crippen LogP contribution in [-0.2, 0) is 27.8 Å². The fourth-order valence-electron chi connectivity index (χ4n) is 2.40. The van der Waals surface area contributed by atoms with Gasteiger partial charge in [-0.05, 0) is 25.0 Å². The van der Waals surface area contributed by atoms with Gasteiger partial charge in [-0.3, -0.25) is 0 Å². The Kier molecular flexibility index (Phi) is 5.67. The van der Waals surface area contributed by atoms with Gasteiger partial charge in [-0.2, -0.15) is 4.98 Å². The van der Waals surface area contributed by atoms with Gasteiger partial charge in [-0.15, -0.1) is 11.3 Å². The number of hydrogen-bond donors (Lipinski definition) is 0. The van der Waals surface area contributed by atoms with Crippen LogP contribution in [0.2, 0.25) is 0 Å². The van der Waals surface area contributed by atoms with Gasteiger partial charge in [0.2, 0.25) is 11.7 Å². The first-order valence-corrected chi connectivity index (χ1v) is 10.8. The average molecular weight is 393 g/mol. The summed E-state index contributed by atoms with van der Waals surface area (Å²) in [6, 6.07) is 7.16. The highest BCUT2D eigenvalue weighted by molar-refractivity contribution is 7.89. The molecular formula is C17H19N3O4S2. The number of nitrogens with zero attached hydrogens (tertiary/aromatic N) is 3. The third kappa shape index (κ3) is 4.67. The zero-order valence-electron chi connectivity index (χ0n) is 14.5. The Labute approximate surface area is 156 Å².